The van der Waals surface area contributed by atoms with Gasteiger partial charge in [0.25, 0.3) is 0 Å². The number of ether oxygens (including phenoxy) is 1. The number of aromatic nitrogens is 1. The van der Waals surface area contributed by atoms with Crippen LogP contribution in [-0.4, -0.2) is 41.2 Å². The van der Waals surface area contributed by atoms with E-state index < -0.39 is 5.97 Å². The highest BCUT2D eigenvalue weighted by molar-refractivity contribution is 5.66. The highest BCUT2D eigenvalue weighted by atomic mass is 16.5. The van der Waals surface area contributed by atoms with Gasteiger partial charge in [0.1, 0.15) is 0 Å². The Balaban J connectivity index is 2.56. The molecule has 0 aliphatic rings. The zero-order valence-corrected chi connectivity index (χ0v) is 10.2. The van der Waals surface area contributed by atoms with Crippen LogP contribution in [0.5, 0.6) is 5.88 Å². The summed E-state index contributed by atoms with van der Waals surface area (Å²) in [5.41, 5.74) is 0.886. The molecule has 0 aliphatic heterocycles. The summed E-state index contributed by atoms with van der Waals surface area (Å²) >= 11 is 0. The van der Waals surface area contributed by atoms with Crippen LogP contribution in [0, 0.1) is 0 Å². The number of carbonyl (C=O) groups is 1. The van der Waals surface area contributed by atoms with Crippen LogP contribution in [0.15, 0.2) is 18.2 Å². The maximum Gasteiger partial charge on any atom is 0.304 e. The Labute approximate surface area is 101 Å². The molecule has 0 aliphatic carbocycles. The summed E-state index contributed by atoms with van der Waals surface area (Å²) in [6, 6.07) is 5.58. The molecule has 0 aromatic carbocycles. The van der Waals surface area contributed by atoms with Gasteiger partial charge in [-0.25, -0.2) is 4.98 Å². The minimum Gasteiger partial charge on any atom is -0.481 e. The molecule has 94 valence electrons. The third-order valence-corrected chi connectivity index (χ3v) is 2.47. The van der Waals surface area contributed by atoms with E-state index >= 15 is 0 Å². The molecule has 1 aromatic heterocycles. The van der Waals surface area contributed by atoms with E-state index in [2.05, 4.69) is 4.98 Å². The van der Waals surface area contributed by atoms with Crippen molar-refractivity contribution in [1.29, 1.82) is 0 Å². The topological polar surface area (TPSA) is 62.7 Å². The van der Waals surface area contributed by atoms with Gasteiger partial charge in [0.2, 0.25) is 5.88 Å². The predicted molar refractivity (Wildman–Crippen MR) is 64.0 cm³/mol. The van der Waals surface area contributed by atoms with E-state index in [1.165, 1.54) is 0 Å². The van der Waals surface area contributed by atoms with Gasteiger partial charge in [0.15, 0.2) is 0 Å². The SMILES string of the molecule is CCN(CCC(=O)O)Cc1cccc(OC)n1. The zero-order valence-electron chi connectivity index (χ0n) is 10.2. The number of aliphatic carboxylic acids is 1. The number of rotatable bonds is 7. The molecule has 0 unspecified atom stereocenters. The second kappa shape index (κ2) is 6.85. The normalized spacial score (nSPS) is 10.5. The fourth-order valence-electron chi connectivity index (χ4n) is 1.49. The van der Waals surface area contributed by atoms with Crippen molar-refractivity contribution in [2.45, 2.75) is 19.9 Å². The number of methoxy groups -OCH3 is 1. The Morgan fingerprint density at radius 2 is 2.29 bits per heavy atom. The monoisotopic (exact) mass is 238 g/mol. The predicted octanol–water partition coefficient (Wildman–Crippen LogP) is 1.39. The molecule has 1 N–H and O–H groups in total. The molecule has 0 saturated heterocycles. The Morgan fingerprint density at radius 3 is 2.88 bits per heavy atom. The number of carboxylic acids is 1. The lowest BCUT2D eigenvalue weighted by atomic mass is 10.3. The fraction of sp³-hybridized carbons (Fsp3) is 0.500. The Hall–Kier alpha value is -1.62. The summed E-state index contributed by atoms with van der Waals surface area (Å²) in [7, 11) is 1.58. The molecular formula is C12H18N2O3. The van der Waals surface area contributed by atoms with Crippen LogP contribution in [0.2, 0.25) is 0 Å². The Morgan fingerprint density at radius 1 is 1.53 bits per heavy atom. The largest absolute Gasteiger partial charge is 0.481 e. The molecule has 1 heterocycles. The molecular weight excluding hydrogens is 220 g/mol. The summed E-state index contributed by atoms with van der Waals surface area (Å²) in [6.45, 7) is 3.97. The van der Waals surface area contributed by atoms with Crippen molar-refractivity contribution in [3.05, 3.63) is 23.9 Å². The highest BCUT2D eigenvalue weighted by Gasteiger charge is 2.07. The van der Waals surface area contributed by atoms with Crippen LogP contribution in [0.4, 0.5) is 0 Å². The van der Waals surface area contributed by atoms with Gasteiger partial charge < -0.3 is 9.84 Å². The first kappa shape index (κ1) is 13.4. The van der Waals surface area contributed by atoms with Crippen LogP contribution >= 0.6 is 0 Å². The number of nitrogens with zero attached hydrogens (tertiary/aromatic N) is 2. The van der Waals surface area contributed by atoms with Crippen LogP contribution in [0.1, 0.15) is 19.0 Å². The van der Waals surface area contributed by atoms with E-state index in [1.54, 1.807) is 13.2 Å². The first-order chi connectivity index (χ1) is 8.15. The molecule has 0 spiro atoms. The number of hydrogen-bond donors (Lipinski definition) is 1. The minimum absolute atomic E-state index is 0.151. The first-order valence-electron chi connectivity index (χ1n) is 5.59. The highest BCUT2D eigenvalue weighted by Crippen LogP contribution is 2.09. The Kier molecular flexibility index (Phi) is 5.42. The third kappa shape index (κ3) is 4.82. The molecule has 0 atom stereocenters. The molecule has 0 fully saturated rings. The van der Waals surface area contributed by atoms with Gasteiger partial charge >= 0.3 is 5.97 Å². The summed E-state index contributed by atoms with van der Waals surface area (Å²) in [4.78, 5) is 16.8. The molecule has 5 nitrogen and oxygen atoms in total. The van der Waals surface area contributed by atoms with E-state index in [4.69, 9.17) is 9.84 Å². The van der Waals surface area contributed by atoms with E-state index in [9.17, 15) is 4.79 Å². The van der Waals surface area contributed by atoms with E-state index in [-0.39, 0.29) is 6.42 Å². The third-order valence-electron chi connectivity index (χ3n) is 2.47. The van der Waals surface area contributed by atoms with Gasteiger partial charge in [-0.1, -0.05) is 13.0 Å². The van der Waals surface area contributed by atoms with Gasteiger partial charge in [-0.3, -0.25) is 9.69 Å². The van der Waals surface area contributed by atoms with Crippen LogP contribution in [0.3, 0.4) is 0 Å². The summed E-state index contributed by atoms with van der Waals surface area (Å²) in [5, 5.41) is 8.64. The maximum absolute atomic E-state index is 10.5. The van der Waals surface area contributed by atoms with E-state index in [0.29, 0.717) is 19.0 Å². The van der Waals surface area contributed by atoms with Crippen LogP contribution in [-0.2, 0) is 11.3 Å². The molecule has 17 heavy (non-hydrogen) atoms. The lowest BCUT2D eigenvalue weighted by molar-refractivity contribution is -0.137. The van der Waals surface area contributed by atoms with Gasteiger partial charge in [0.05, 0.1) is 19.2 Å². The molecule has 0 radical (unpaired) electrons. The van der Waals surface area contributed by atoms with Crippen molar-refractivity contribution in [2.75, 3.05) is 20.2 Å². The van der Waals surface area contributed by atoms with Crippen molar-refractivity contribution in [1.82, 2.24) is 9.88 Å². The lowest BCUT2D eigenvalue weighted by Crippen LogP contribution is -2.26. The average molecular weight is 238 g/mol. The first-order valence-corrected chi connectivity index (χ1v) is 5.59. The standard InChI is InChI=1S/C12H18N2O3/c1-3-14(8-7-12(15)16)9-10-5-4-6-11(13-10)17-2/h4-6H,3,7-9H2,1-2H3,(H,15,16). The number of hydrogen-bond acceptors (Lipinski definition) is 4. The molecule has 1 aromatic rings. The number of carboxylic acid groups (broad SMARTS) is 1. The van der Waals surface area contributed by atoms with Crippen LogP contribution in [0.25, 0.3) is 0 Å². The molecule has 1 rings (SSSR count). The van der Waals surface area contributed by atoms with Crippen LogP contribution < -0.4 is 4.74 Å². The average Bonchev–Trinajstić information content (AvgIpc) is 2.34. The quantitative estimate of drug-likeness (QED) is 0.777. The van der Waals surface area contributed by atoms with Crippen molar-refractivity contribution in [3.63, 3.8) is 0 Å². The second-order valence-corrected chi connectivity index (χ2v) is 3.68. The summed E-state index contributed by atoms with van der Waals surface area (Å²) in [6.07, 6.45) is 0.151. The Bertz CT molecular complexity index is 369. The summed E-state index contributed by atoms with van der Waals surface area (Å²) < 4.78 is 5.04. The van der Waals surface area contributed by atoms with Gasteiger partial charge in [-0.2, -0.15) is 0 Å². The van der Waals surface area contributed by atoms with Gasteiger partial charge in [0, 0.05) is 19.2 Å². The lowest BCUT2D eigenvalue weighted by Gasteiger charge is -2.18. The van der Waals surface area contributed by atoms with Crippen molar-refractivity contribution >= 4 is 5.97 Å². The molecule has 0 amide bonds. The summed E-state index contributed by atoms with van der Waals surface area (Å²) in [5.74, 6) is -0.196. The van der Waals surface area contributed by atoms with E-state index in [1.807, 2.05) is 24.0 Å². The number of pyridine rings is 1. The molecule has 0 saturated carbocycles. The van der Waals surface area contributed by atoms with E-state index in [0.717, 1.165) is 12.2 Å². The maximum atomic E-state index is 10.5. The van der Waals surface area contributed by atoms with Crippen molar-refractivity contribution in [2.24, 2.45) is 0 Å². The minimum atomic E-state index is -0.776. The van der Waals surface area contributed by atoms with Gasteiger partial charge in [-0.15, -0.1) is 0 Å². The zero-order chi connectivity index (χ0) is 12.7. The molecule has 5 heteroatoms. The second-order valence-electron chi connectivity index (χ2n) is 3.68. The van der Waals surface area contributed by atoms with Crippen molar-refractivity contribution in [3.8, 4) is 5.88 Å². The van der Waals surface area contributed by atoms with Gasteiger partial charge in [-0.05, 0) is 12.6 Å². The smallest absolute Gasteiger partial charge is 0.304 e. The van der Waals surface area contributed by atoms with Crippen molar-refractivity contribution < 1.29 is 14.6 Å². The fourth-order valence-corrected chi connectivity index (χ4v) is 1.49. The molecule has 0 bridgehead atoms.